The smallest absolute Gasteiger partial charge is 0.271 e. The number of hydrazone groups is 1. The van der Waals surface area contributed by atoms with Crippen molar-refractivity contribution in [3.05, 3.63) is 36.5 Å². The molecule has 0 saturated carbocycles. The van der Waals surface area contributed by atoms with Gasteiger partial charge >= 0.3 is 0 Å². The fraction of sp³-hybridized carbons (Fsp3) is 0.200. The molecule has 1 aromatic heterocycles. The molecule has 0 radical (unpaired) electrons. The summed E-state index contributed by atoms with van der Waals surface area (Å²) in [5, 5.41) is 8.94. The number of nitrogens with one attached hydrogen (secondary N) is 1. The molecular formula is C15H14N4O2. The van der Waals surface area contributed by atoms with Gasteiger partial charge in [0.25, 0.3) is 5.91 Å². The van der Waals surface area contributed by atoms with E-state index in [2.05, 4.69) is 15.4 Å². The second-order valence-electron chi connectivity index (χ2n) is 4.79. The van der Waals surface area contributed by atoms with E-state index in [0.717, 1.165) is 10.9 Å². The molecule has 21 heavy (non-hydrogen) atoms. The second-order valence-corrected chi connectivity index (χ2v) is 4.79. The van der Waals surface area contributed by atoms with Gasteiger partial charge in [-0.25, -0.2) is 5.01 Å². The number of amides is 2. The Labute approximate surface area is 121 Å². The summed E-state index contributed by atoms with van der Waals surface area (Å²) < 4.78 is 0. The van der Waals surface area contributed by atoms with E-state index >= 15 is 0 Å². The number of fused-ring (bicyclic) bond motifs is 1. The Kier molecular flexibility index (Phi) is 3.35. The average Bonchev–Trinajstić information content (AvgIpc) is 2.50. The molecule has 6 nitrogen and oxygen atoms in total. The van der Waals surface area contributed by atoms with E-state index in [4.69, 9.17) is 0 Å². The predicted molar refractivity (Wildman–Crippen MR) is 79.8 cm³/mol. The van der Waals surface area contributed by atoms with Gasteiger partial charge in [0.05, 0.1) is 11.2 Å². The Morgan fingerprint density at radius 3 is 2.90 bits per heavy atom. The first-order valence-corrected chi connectivity index (χ1v) is 6.64. The molecule has 2 heterocycles. The van der Waals surface area contributed by atoms with Crippen LogP contribution in [0.25, 0.3) is 10.9 Å². The maximum atomic E-state index is 12.3. The summed E-state index contributed by atoms with van der Waals surface area (Å²) in [5.74, 6) is -0.369. The van der Waals surface area contributed by atoms with Crippen molar-refractivity contribution < 1.29 is 9.59 Å². The minimum Gasteiger partial charge on any atom is -0.320 e. The molecule has 0 saturated heterocycles. The van der Waals surface area contributed by atoms with Crippen LogP contribution in [0.3, 0.4) is 0 Å². The molecule has 1 aromatic carbocycles. The van der Waals surface area contributed by atoms with Crippen molar-refractivity contribution >= 4 is 34.1 Å². The van der Waals surface area contributed by atoms with E-state index < -0.39 is 0 Å². The third-order valence-electron chi connectivity index (χ3n) is 3.36. The third-order valence-corrected chi connectivity index (χ3v) is 3.36. The molecule has 0 unspecified atom stereocenters. The Morgan fingerprint density at radius 2 is 2.10 bits per heavy atom. The van der Waals surface area contributed by atoms with Crippen molar-refractivity contribution in [2.24, 2.45) is 5.10 Å². The quantitative estimate of drug-likeness (QED) is 0.912. The summed E-state index contributed by atoms with van der Waals surface area (Å²) in [4.78, 5) is 27.9. The number of carbonyl (C=O) groups is 2. The molecule has 0 spiro atoms. The third kappa shape index (κ3) is 2.60. The van der Waals surface area contributed by atoms with E-state index in [1.54, 1.807) is 13.2 Å². The largest absolute Gasteiger partial charge is 0.320 e. The summed E-state index contributed by atoms with van der Waals surface area (Å²) in [7, 11) is 1.55. The standard InChI is InChI=1S/C15H14N4O2/c1-19-14(20)8-7-13(18-19)15(21)17-12-6-2-5-11-10(12)4-3-9-16-11/h2-6,9H,7-8H2,1H3,(H,17,21). The number of rotatable bonds is 2. The van der Waals surface area contributed by atoms with Crippen molar-refractivity contribution in [1.29, 1.82) is 0 Å². The SMILES string of the molecule is CN1N=C(C(=O)Nc2cccc3ncccc23)CCC1=O. The Balaban J connectivity index is 1.87. The fourth-order valence-electron chi connectivity index (χ4n) is 2.24. The second kappa shape index (κ2) is 5.32. The van der Waals surface area contributed by atoms with Crippen molar-refractivity contribution in [2.75, 3.05) is 12.4 Å². The first-order chi connectivity index (χ1) is 10.1. The molecule has 2 aromatic rings. The number of hydrogen-bond acceptors (Lipinski definition) is 4. The highest BCUT2D eigenvalue weighted by Crippen LogP contribution is 2.21. The van der Waals surface area contributed by atoms with Crippen LogP contribution in [0, 0.1) is 0 Å². The minimum atomic E-state index is -0.286. The van der Waals surface area contributed by atoms with Crippen LogP contribution < -0.4 is 5.32 Å². The molecule has 1 aliphatic rings. The summed E-state index contributed by atoms with van der Waals surface area (Å²) in [6, 6.07) is 9.26. The number of pyridine rings is 1. The number of carbonyl (C=O) groups excluding carboxylic acids is 2. The Hall–Kier alpha value is -2.76. The summed E-state index contributed by atoms with van der Waals surface area (Å²) in [6.07, 6.45) is 2.37. The first kappa shape index (κ1) is 13.2. The summed E-state index contributed by atoms with van der Waals surface area (Å²) in [6.45, 7) is 0. The van der Waals surface area contributed by atoms with Gasteiger partial charge in [-0.1, -0.05) is 6.07 Å². The maximum Gasteiger partial charge on any atom is 0.271 e. The topological polar surface area (TPSA) is 74.7 Å². The highest BCUT2D eigenvalue weighted by atomic mass is 16.2. The van der Waals surface area contributed by atoms with Gasteiger partial charge in [-0.2, -0.15) is 5.10 Å². The molecule has 1 N–H and O–H groups in total. The number of aromatic nitrogens is 1. The van der Waals surface area contributed by atoms with Crippen LogP contribution in [0.1, 0.15) is 12.8 Å². The molecule has 0 fully saturated rings. The molecule has 106 valence electrons. The van der Waals surface area contributed by atoms with Gasteiger partial charge in [-0.05, 0) is 24.3 Å². The van der Waals surface area contributed by atoms with E-state index in [1.165, 1.54) is 5.01 Å². The van der Waals surface area contributed by atoms with Gasteiger partial charge in [0, 0.05) is 31.5 Å². The van der Waals surface area contributed by atoms with E-state index in [-0.39, 0.29) is 11.8 Å². The minimum absolute atomic E-state index is 0.0825. The zero-order valence-electron chi connectivity index (χ0n) is 11.5. The molecular weight excluding hydrogens is 268 g/mol. The lowest BCUT2D eigenvalue weighted by Crippen LogP contribution is -2.34. The maximum absolute atomic E-state index is 12.3. The van der Waals surface area contributed by atoms with Gasteiger partial charge in [0.1, 0.15) is 5.71 Å². The monoisotopic (exact) mass is 282 g/mol. The van der Waals surface area contributed by atoms with Crippen LogP contribution in [0.4, 0.5) is 5.69 Å². The Bertz CT molecular complexity index is 749. The zero-order valence-corrected chi connectivity index (χ0v) is 11.5. The van der Waals surface area contributed by atoms with E-state index in [1.807, 2.05) is 30.3 Å². The van der Waals surface area contributed by atoms with Crippen LogP contribution in [-0.2, 0) is 9.59 Å². The van der Waals surface area contributed by atoms with Crippen molar-refractivity contribution in [1.82, 2.24) is 9.99 Å². The zero-order chi connectivity index (χ0) is 14.8. The highest BCUT2D eigenvalue weighted by Gasteiger charge is 2.22. The predicted octanol–water partition coefficient (Wildman–Crippen LogP) is 1.78. The first-order valence-electron chi connectivity index (χ1n) is 6.64. The van der Waals surface area contributed by atoms with Crippen molar-refractivity contribution in [3.8, 4) is 0 Å². The molecule has 2 amide bonds. The molecule has 3 rings (SSSR count). The lowest BCUT2D eigenvalue weighted by Gasteiger charge is -2.19. The molecule has 0 bridgehead atoms. The van der Waals surface area contributed by atoms with Crippen molar-refractivity contribution in [2.45, 2.75) is 12.8 Å². The molecule has 0 atom stereocenters. The number of benzene rings is 1. The number of hydrogen-bond donors (Lipinski definition) is 1. The van der Waals surface area contributed by atoms with Gasteiger partial charge in [-0.15, -0.1) is 0 Å². The molecule has 6 heteroatoms. The molecule has 1 aliphatic heterocycles. The summed E-state index contributed by atoms with van der Waals surface area (Å²) >= 11 is 0. The Morgan fingerprint density at radius 1 is 1.24 bits per heavy atom. The van der Waals surface area contributed by atoms with Gasteiger partial charge in [0.15, 0.2) is 0 Å². The van der Waals surface area contributed by atoms with Gasteiger partial charge < -0.3 is 5.32 Å². The normalized spacial score (nSPS) is 15.0. The highest BCUT2D eigenvalue weighted by molar-refractivity contribution is 6.44. The average molecular weight is 282 g/mol. The fourth-order valence-corrected chi connectivity index (χ4v) is 2.24. The van der Waals surface area contributed by atoms with Crippen molar-refractivity contribution in [3.63, 3.8) is 0 Å². The van der Waals surface area contributed by atoms with E-state index in [9.17, 15) is 9.59 Å². The van der Waals surface area contributed by atoms with Crippen LogP contribution in [0.15, 0.2) is 41.6 Å². The molecule has 0 aliphatic carbocycles. The van der Waals surface area contributed by atoms with Crippen LogP contribution in [0.5, 0.6) is 0 Å². The summed E-state index contributed by atoms with van der Waals surface area (Å²) in [5.41, 5.74) is 1.86. The van der Waals surface area contributed by atoms with Gasteiger partial charge in [0.2, 0.25) is 5.91 Å². The van der Waals surface area contributed by atoms with Crippen LogP contribution >= 0.6 is 0 Å². The van der Waals surface area contributed by atoms with E-state index in [0.29, 0.717) is 24.2 Å². The van der Waals surface area contributed by atoms with Crippen LogP contribution in [0.2, 0.25) is 0 Å². The number of nitrogens with zero attached hydrogens (tertiary/aromatic N) is 3. The number of anilines is 1. The lowest BCUT2D eigenvalue weighted by molar-refractivity contribution is -0.130. The van der Waals surface area contributed by atoms with Gasteiger partial charge in [-0.3, -0.25) is 14.6 Å². The van der Waals surface area contributed by atoms with Crippen LogP contribution in [-0.4, -0.2) is 34.6 Å². The lowest BCUT2D eigenvalue weighted by atomic mass is 10.1.